The minimum Gasteiger partial charge on any atom is -0.271 e. The van der Waals surface area contributed by atoms with Crippen molar-refractivity contribution in [1.82, 2.24) is 5.43 Å². The lowest BCUT2D eigenvalue weighted by molar-refractivity contribution is 0.602. The van der Waals surface area contributed by atoms with E-state index in [1.165, 1.54) is 12.1 Å². The molecule has 0 saturated carbocycles. The van der Waals surface area contributed by atoms with Crippen LogP contribution in [0.25, 0.3) is 0 Å². The number of halogens is 1. The van der Waals surface area contributed by atoms with Gasteiger partial charge in [-0.1, -0.05) is 30.3 Å². The first-order valence-corrected chi connectivity index (χ1v) is 5.90. The molecule has 0 heterocycles. The van der Waals surface area contributed by atoms with Crippen LogP contribution in [0.5, 0.6) is 0 Å². The lowest BCUT2D eigenvalue weighted by Gasteiger charge is -2.19. The second-order valence-electron chi connectivity index (χ2n) is 4.52. The zero-order valence-corrected chi connectivity index (χ0v) is 10.6. The van der Waals surface area contributed by atoms with Gasteiger partial charge in [0.2, 0.25) is 0 Å². The van der Waals surface area contributed by atoms with Gasteiger partial charge in [0, 0.05) is 0 Å². The molecule has 1 atom stereocenters. The van der Waals surface area contributed by atoms with Crippen LogP contribution in [-0.2, 0) is 0 Å². The largest absolute Gasteiger partial charge is 0.271 e. The molecule has 0 spiro atoms. The second kappa shape index (κ2) is 5.29. The predicted octanol–water partition coefficient (Wildman–Crippen LogP) is 3.00. The van der Waals surface area contributed by atoms with Gasteiger partial charge in [0.1, 0.15) is 5.82 Å². The quantitative estimate of drug-likeness (QED) is 0.643. The highest BCUT2D eigenvalue weighted by atomic mass is 19.1. The molecular formula is C15H17FN2. The number of benzene rings is 2. The number of hydrazine groups is 1. The Labute approximate surface area is 107 Å². The predicted molar refractivity (Wildman–Crippen MR) is 71.5 cm³/mol. The monoisotopic (exact) mass is 244 g/mol. The van der Waals surface area contributed by atoms with E-state index in [1.54, 1.807) is 0 Å². The first-order chi connectivity index (χ1) is 8.61. The van der Waals surface area contributed by atoms with Crippen LogP contribution < -0.4 is 11.3 Å². The molecule has 3 N–H and O–H groups in total. The summed E-state index contributed by atoms with van der Waals surface area (Å²) in [7, 11) is 0. The number of hydrogen-bond acceptors (Lipinski definition) is 2. The SMILES string of the molecule is Cc1cc(F)cc(C(NN)c2ccccc2C)c1. The van der Waals surface area contributed by atoms with Crippen LogP contribution >= 0.6 is 0 Å². The molecule has 3 heteroatoms. The van der Waals surface area contributed by atoms with Crippen molar-refractivity contribution in [3.8, 4) is 0 Å². The van der Waals surface area contributed by atoms with E-state index in [9.17, 15) is 4.39 Å². The van der Waals surface area contributed by atoms with Crippen molar-refractivity contribution in [3.63, 3.8) is 0 Å². The average Bonchev–Trinajstić information content (AvgIpc) is 2.31. The highest BCUT2D eigenvalue weighted by Gasteiger charge is 2.15. The van der Waals surface area contributed by atoms with Gasteiger partial charge in [0.15, 0.2) is 0 Å². The number of nitrogens with two attached hydrogens (primary N) is 1. The molecule has 18 heavy (non-hydrogen) atoms. The van der Waals surface area contributed by atoms with Crippen LogP contribution in [0.15, 0.2) is 42.5 Å². The third-order valence-electron chi connectivity index (χ3n) is 3.06. The normalized spacial score (nSPS) is 12.4. The summed E-state index contributed by atoms with van der Waals surface area (Å²) < 4.78 is 13.5. The van der Waals surface area contributed by atoms with E-state index >= 15 is 0 Å². The molecule has 2 aromatic rings. The fourth-order valence-electron chi connectivity index (χ4n) is 2.21. The Morgan fingerprint density at radius 2 is 1.83 bits per heavy atom. The molecule has 0 aromatic heterocycles. The maximum absolute atomic E-state index is 13.5. The van der Waals surface area contributed by atoms with Crippen molar-refractivity contribution in [2.24, 2.45) is 5.84 Å². The van der Waals surface area contributed by atoms with Crippen LogP contribution in [0.3, 0.4) is 0 Å². The average molecular weight is 244 g/mol. The fourth-order valence-corrected chi connectivity index (χ4v) is 2.21. The summed E-state index contributed by atoms with van der Waals surface area (Å²) in [5.74, 6) is 5.40. The molecule has 0 radical (unpaired) electrons. The zero-order valence-electron chi connectivity index (χ0n) is 10.6. The zero-order chi connectivity index (χ0) is 13.1. The van der Waals surface area contributed by atoms with Crippen molar-refractivity contribution in [2.45, 2.75) is 19.9 Å². The Morgan fingerprint density at radius 3 is 2.44 bits per heavy atom. The highest BCUT2D eigenvalue weighted by molar-refractivity contribution is 5.38. The van der Waals surface area contributed by atoms with Gasteiger partial charge in [-0.25, -0.2) is 9.82 Å². The van der Waals surface area contributed by atoms with Crippen LogP contribution in [0, 0.1) is 19.7 Å². The molecule has 0 aliphatic heterocycles. The van der Waals surface area contributed by atoms with Crippen molar-refractivity contribution < 1.29 is 4.39 Å². The van der Waals surface area contributed by atoms with E-state index in [-0.39, 0.29) is 11.9 Å². The maximum Gasteiger partial charge on any atom is 0.123 e. The minimum atomic E-state index is -0.237. The summed E-state index contributed by atoms with van der Waals surface area (Å²) in [4.78, 5) is 0. The molecule has 0 saturated heterocycles. The molecule has 2 aromatic carbocycles. The van der Waals surface area contributed by atoms with E-state index in [4.69, 9.17) is 5.84 Å². The summed E-state index contributed by atoms with van der Waals surface area (Å²) in [5, 5.41) is 0. The van der Waals surface area contributed by atoms with Gasteiger partial charge in [0.05, 0.1) is 6.04 Å². The van der Waals surface area contributed by atoms with Crippen molar-refractivity contribution in [3.05, 3.63) is 70.5 Å². The second-order valence-corrected chi connectivity index (χ2v) is 4.52. The summed E-state index contributed by atoms with van der Waals surface area (Å²) in [6, 6.07) is 12.7. The molecule has 1 unspecified atom stereocenters. The van der Waals surface area contributed by atoms with Crippen LogP contribution in [0.2, 0.25) is 0 Å². The van der Waals surface area contributed by atoms with E-state index < -0.39 is 0 Å². The Balaban J connectivity index is 2.48. The summed E-state index contributed by atoms with van der Waals surface area (Å²) in [6.45, 7) is 3.89. The van der Waals surface area contributed by atoms with Gasteiger partial charge < -0.3 is 0 Å². The standard InChI is InChI=1S/C15H17FN2/c1-10-7-12(9-13(16)8-10)15(18-17)14-6-4-3-5-11(14)2/h3-9,15,18H,17H2,1-2H3. The van der Waals surface area contributed by atoms with Gasteiger partial charge in [-0.15, -0.1) is 0 Å². The molecular weight excluding hydrogens is 227 g/mol. The van der Waals surface area contributed by atoms with Crippen molar-refractivity contribution >= 4 is 0 Å². The molecule has 0 aliphatic rings. The van der Waals surface area contributed by atoms with Gasteiger partial charge in [0.25, 0.3) is 0 Å². The Bertz CT molecular complexity index is 532. The third-order valence-corrected chi connectivity index (χ3v) is 3.06. The molecule has 2 nitrogen and oxygen atoms in total. The van der Waals surface area contributed by atoms with Crippen LogP contribution in [-0.4, -0.2) is 0 Å². The molecule has 0 amide bonds. The highest BCUT2D eigenvalue weighted by Crippen LogP contribution is 2.25. The molecule has 94 valence electrons. The first-order valence-electron chi connectivity index (χ1n) is 5.90. The first kappa shape index (κ1) is 12.7. The van der Waals surface area contributed by atoms with Gasteiger partial charge in [-0.3, -0.25) is 5.84 Å². The summed E-state index contributed by atoms with van der Waals surface area (Å²) in [5.41, 5.74) is 6.68. The lowest BCUT2D eigenvalue weighted by atomic mass is 9.94. The molecule has 0 fully saturated rings. The van der Waals surface area contributed by atoms with Crippen molar-refractivity contribution in [1.29, 1.82) is 0 Å². The minimum absolute atomic E-state index is 0.194. The maximum atomic E-state index is 13.5. The van der Waals surface area contributed by atoms with E-state index in [0.29, 0.717) is 0 Å². The van der Waals surface area contributed by atoms with E-state index in [2.05, 4.69) is 5.43 Å². The van der Waals surface area contributed by atoms with Gasteiger partial charge >= 0.3 is 0 Å². The van der Waals surface area contributed by atoms with Crippen molar-refractivity contribution in [2.75, 3.05) is 0 Å². The number of hydrogen-bond donors (Lipinski definition) is 2. The van der Waals surface area contributed by atoms with E-state index in [0.717, 1.165) is 22.3 Å². The Kier molecular flexibility index (Phi) is 3.75. The number of nitrogens with one attached hydrogen (secondary N) is 1. The smallest absolute Gasteiger partial charge is 0.123 e. The summed E-state index contributed by atoms with van der Waals surface area (Å²) in [6.07, 6.45) is 0. The van der Waals surface area contributed by atoms with Gasteiger partial charge in [-0.2, -0.15) is 0 Å². The number of rotatable bonds is 3. The number of aryl methyl sites for hydroxylation is 2. The summed E-state index contributed by atoms with van der Waals surface area (Å²) >= 11 is 0. The lowest BCUT2D eigenvalue weighted by Crippen LogP contribution is -2.29. The van der Waals surface area contributed by atoms with E-state index in [1.807, 2.05) is 44.2 Å². The topological polar surface area (TPSA) is 38.0 Å². The third kappa shape index (κ3) is 2.58. The Hall–Kier alpha value is -1.71. The molecule has 2 rings (SSSR count). The fraction of sp³-hybridized carbons (Fsp3) is 0.200. The van der Waals surface area contributed by atoms with Crippen LogP contribution in [0.1, 0.15) is 28.3 Å². The Morgan fingerprint density at radius 1 is 1.11 bits per heavy atom. The molecule has 0 aliphatic carbocycles. The van der Waals surface area contributed by atoms with Gasteiger partial charge in [-0.05, 0) is 48.2 Å². The van der Waals surface area contributed by atoms with Crippen LogP contribution in [0.4, 0.5) is 4.39 Å². The molecule has 0 bridgehead atoms.